The first-order valence-corrected chi connectivity index (χ1v) is 32.3. The lowest BCUT2D eigenvalue weighted by molar-refractivity contribution is -0.130. The van der Waals surface area contributed by atoms with Crippen LogP contribution in [0.5, 0.6) is 0 Å². The predicted molar refractivity (Wildman–Crippen MR) is 225 cm³/mol. The molecule has 51 heavy (non-hydrogen) atoms. The topological polar surface area (TPSA) is 95.1 Å². The largest absolute Gasteiger partial charge is 0.416 e. The Morgan fingerprint density at radius 3 is 1.27 bits per heavy atom. The summed E-state index contributed by atoms with van der Waals surface area (Å²) in [6.07, 6.45) is 26.2. The summed E-state index contributed by atoms with van der Waals surface area (Å²) < 4.78 is 26.8. The summed E-state index contributed by atoms with van der Waals surface area (Å²) in [5.41, 5.74) is 0. The van der Waals surface area contributed by atoms with Crippen LogP contribution in [0.25, 0.3) is 0 Å². The quantitative estimate of drug-likeness (QED) is 0.0579. The summed E-state index contributed by atoms with van der Waals surface area (Å²) >= 11 is 0. The Morgan fingerprint density at radius 2 is 0.863 bits per heavy atom. The van der Waals surface area contributed by atoms with Crippen LogP contribution in [-0.4, -0.2) is 59.1 Å². The van der Waals surface area contributed by atoms with Gasteiger partial charge in [-0.25, -0.2) is 0 Å². The van der Waals surface area contributed by atoms with Crippen molar-refractivity contribution in [2.24, 2.45) is 11.8 Å². The van der Waals surface area contributed by atoms with Gasteiger partial charge in [-0.2, -0.15) is 0 Å². The number of amides is 2. The van der Waals surface area contributed by atoms with Crippen LogP contribution >= 0.6 is 0 Å². The second-order valence-corrected chi connectivity index (χ2v) is 31.5. The first-order chi connectivity index (χ1) is 24.0. The van der Waals surface area contributed by atoms with Crippen LogP contribution < -0.4 is 10.6 Å². The van der Waals surface area contributed by atoms with E-state index in [1.807, 2.05) is 0 Å². The third-order valence-electron chi connectivity index (χ3n) is 9.80. The van der Waals surface area contributed by atoms with Gasteiger partial charge in [0.2, 0.25) is 11.8 Å². The molecule has 0 aromatic heterocycles. The fraction of sp³-hybridized carbons (Fsp3) is 0.949. The Hall–Kier alpha value is -0.352. The number of hydrogen-bond acceptors (Lipinski definition) is 6. The maximum Gasteiger partial charge on any atom is 0.317 e. The summed E-state index contributed by atoms with van der Waals surface area (Å²) in [5.74, 6) is -0.252. The fourth-order valence-electron chi connectivity index (χ4n) is 7.98. The zero-order chi connectivity index (χ0) is 38.2. The van der Waals surface area contributed by atoms with Crippen molar-refractivity contribution in [1.29, 1.82) is 0 Å². The van der Waals surface area contributed by atoms with E-state index in [-0.39, 0.29) is 30.1 Å². The van der Waals surface area contributed by atoms with Crippen LogP contribution in [0.4, 0.5) is 0 Å². The molecule has 0 spiro atoms. The Labute approximate surface area is 320 Å². The van der Waals surface area contributed by atoms with Gasteiger partial charge in [0.15, 0.2) is 0 Å². The number of hydrogen-bond donors (Lipinski definition) is 2. The summed E-state index contributed by atoms with van der Waals surface area (Å²) in [6.45, 7) is 22.7. The molecule has 0 aromatic carbocycles. The molecule has 0 radical (unpaired) electrons. The third kappa shape index (κ3) is 25.4. The van der Waals surface area contributed by atoms with E-state index in [1.165, 1.54) is 103 Å². The minimum absolute atomic E-state index is 0.00186. The highest BCUT2D eigenvalue weighted by Gasteiger charge is 2.52. The van der Waals surface area contributed by atoms with E-state index < -0.39 is 34.2 Å². The van der Waals surface area contributed by atoms with Gasteiger partial charge in [-0.3, -0.25) is 9.59 Å². The molecular formula is C39H84N2O6Si4. The van der Waals surface area contributed by atoms with Crippen molar-refractivity contribution in [3.8, 4) is 0 Å². The van der Waals surface area contributed by atoms with Crippen LogP contribution in [0, 0.1) is 11.8 Å². The van der Waals surface area contributed by atoms with Crippen molar-refractivity contribution in [3.05, 3.63) is 0 Å². The number of nitrogens with one attached hydrogen (secondary N) is 2. The Balaban J connectivity index is 2.69. The third-order valence-corrected chi connectivity index (χ3v) is 26.5. The van der Waals surface area contributed by atoms with E-state index in [9.17, 15) is 9.59 Å². The predicted octanol–water partition coefficient (Wildman–Crippen LogP) is 11.4. The van der Waals surface area contributed by atoms with E-state index in [0.29, 0.717) is 19.5 Å². The molecule has 1 saturated heterocycles. The van der Waals surface area contributed by atoms with Crippen LogP contribution in [0.3, 0.4) is 0 Å². The zero-order valence-corrected chi connectivity index (χ0v) is 39.3. The fourth-order valence-corrected chi connectivity index (χ4v) is 30.0. The summed E-state index contributed by atoms with van der Waals surface area (Å²) in [7, 11) is -10.0. The van der Waals surface area contributed by atoms with Gasteiger partial charge >= 0.3 is 34.2 Å². The summed E-state index contributed by atoms with van der Waals surface area (Å²) in [4.78, 5) is 26.8. The molecule has 1 rings (SSSR count). The number of rotatable bonds is 29. The highest BCUT2D eigenvalue weighted by molar-refractivity contribution is 6.93. The smallest absolute Gasteiger partial charge is 0.317 e. The Kier molecular flexibility index (Phi) is 25.2. The van der Waals surface area contributed by atoms with Gasteiger partial charge in [0.25, 0.3) is 0 Å². The molecule has 1 fully saturated rings. The molecule has 1 heterocycles. The lowest BCUT2D eigenvalue weighted by Gasteiger charge is -2.48. The van der Waals surface area contributed by atoms with E-state index in [1.54, 1.807) is 0 Å². The Morgan fingerprint density at radius 1 is 0.510 bits per heavy atom. The molecule has 0 bridgehead atoms. The van der Waals surface area contributed by atoms with Crippen LogP contribution in [0.15, 0.2) is 0 Å². The summed E-state index contributed by atoms with van der Waals surface area (Å²) in [5, 5.41) is 6.34. The average molecular weight is 789 g/mol. The van der Waals surface area contributed by atoms with Gasteiger partial charge in [-0.05, 0) is 77.1 Å². The van der Waals surface area contributed by atoms with E-state index >= 15 is 0 Å². The van der Waals surface area contributed by atoms with Crippen LogP contribution in [0.2, 0.25) is 51.9 Å². The van der Waals surface area contributed by atoms with Gasteiger partial charge in [-0.15, -0.1) is 0 Å². The van der Waals surface area contributed by atoms with Crippen molar-refractivity contribution in [3.63, 3.8) is 0 Å². The second-order valence-electron chi connectivity index (χ2n) is 17.2. The molecule has 2 unspecified atom stereocenters. The zero-order valence-electron chi connectivity index (χ0n) is 35.3. The normalized spacial score (nSPS) is 19.1. The maximum absolute atomic E-state index is 13.6. The lowest BCUT2D eigenvalue weighted by atomic mass is 9.92. The Bertz CT molecular complexity index is 917. The molecular weight excluding hydrogens is 705 g/mol. The molecule has 0 aliphatic carbocycles. The van der Waals surface area contributed by atoms with Gasteiger partial charge in [0.05, 0.1) is 0 Å². The first-order valence-electron chi connectivity index (χ1n) is 21.4. The minimum atomic E-state index is -2.70. The van der Waals surface area contributed by atoms with Crippen molar-refractivity contribution in [2.75, 3.05) is 13.1 Å². The molecule has 0 aromatic rings. The van der Waals surface area contributed by atoms with Crippen LogP contribution in [-0.2, 0) is 26.0 Å². The molecule has 2 atom stereocenters. The van der Waals surface area contributed by atoms with Crippen molar-refractivity contribution in [2.45, 2.75) is 214 Å². The number of carbonyl (C=O) groups is 2. The van der Waals surface area contributed by atoms with Crippen molar-refractivity contribution >= 4 is 46.1 Å². The molecule has 1 aliphatic rings. The van der Waals surface area contributed by atoms with Gasteiger partial charge in [0, 0.05) is 25.4 Å². The molecule has 12 heteroatoms. The highest BCUT2D eigenvalue weighted by Crippen LogP contribution is 2.35. The average Bonchev–Trinajstić information content (AvgIpc) is 2.99. The monoisotopic (exact) mass is 789 g/mol. The molecule has 1 aliphatic heterocycles. The van der Waals surface area contributed by atoms with Crippen molar-refractivity contribution in [1.82, 2.24) is 10.6 Å². The minimum Gasteiger partial charge on any atom is -0.416 e. The molecule has 2 amide bonds. The van der Waals surface area contributed by atoms with E-state index in [2.05, 4.69) is 77.2 Å². The van der Waals surface area contributed by atoms with E-state index in [4.69, 9.17) is 16.5 Å². The standard InChI is InChI=1S/C39H84N2O6Si4/c1-11-13-15-17-19-21-23-25-27-29-31-40-38(42)34-37(39(43)41-32-30-28-26-24-22-20-18-16-14-12-2)33-36(3)35-51(10)46-49(6,7)44-48(4,5)45-50(8,9)47-51/h36-37H,11-35H2,1-10H3,(H,40,42)(H,41,43). The molecule has 8 nitrogen and oxygen atoms in total. The summed E-state index contributed by atoms with van der Waals surface area (Å²) in [6, 6.07) is 0.733. The highest BCUT2D eigenvalue weighted by atomic mass is 28.5. The van der Waals surface area contributed by atoms with E-state index in [0.717, 1.165) is 31.7 Å². The first kappa shape index (κ1) is 48.7. The van der Waals surface area contributed by atoms with Crippen LogP contribution in [0.1, 0.15) is 162 Å². The van der Waals surface area contributed by atoms with Gasteiger partial charge < -0.3 is 27.1 Å². The van der Waals surface area contributed by atoms with Gasteiger partial charge in [0.1, 0.15) is 0 Å². The SMILES string of the molecule is CCCCCCCCCCCCNC(=O)CC(CC(C)C[Si]1(C)O[Si](C)(C)O[Si](C)(C)O[Si](C)(C)O1)C(=O)NCCCCCCCCCCCC. The number of unbranched alkanes of at least 4 members (excludes halogenated alkanes) is 18. The van der Waals surface area contributed by atoms with Gasteiger partial charge in [-0.1, -0.05) is 136 Å². The maximum atomic E-state index is 13.6. The number of carbonyl (C=O) groups excluding carboxylic acids is 2. The molecule has 302 valence electrons. The van der Waals surface area contributed by atoms with Crippen molar-refractivity contribution < 1.29 is 26.0 Å². The molecule has 0 saturated carbocycles. The lowest BCUT2D eigenvalue weighted by Crippen LogP contribution is -2.65. The second kappa shape index (κ2) is 26.5. The molecule has 2 N–H and O–H groups in total.